The molecule has 44 heavy (non-hydrogen) atoms. The molecule has 8 atom stereocenters. The fourth-order valence-corrected chi connectivity index (χ4v) is 8.61. The van der Waals surface area contributed by atoms with Gasteiger partial charge in [-0.3, -0.25) is 14.4 Å². The van der Waals surface area contributed by atoms with E-state index in [4.69, 9.17) is 16.4 Å². The van der Waals surface area contributed by atoms with Gasteiger partial charge in [0.2, 0.25) is 5.91 Å². The van der Waals surface area contributed by atoms with Crippen molar-refractivity contribution in [1.82, 2.24) is 10.6 Å². The van der Waals surface area contributed by atoms with E-state index in [9.17, 15) is 29.4 Å². The van der Waals surface area contributed by atoms with Gasteiger partial charge in [0, 0.05) is 11.8 Å². The fraction of sp³-hybridized carbons (Fsp3) is 0.727. The number of amides is 2. The van der Waals surface area contributed by atoms with E-state index in [1.54, 1.807) is 13.8 Å². The maximum Gasteiger partial charge on any atom is 0.326 e. The molecule has 11 heteroatoms. The van der Waals surface area contributed by atoms with Gasteiger partial charge >= 0.3 is 11.9 Å². The van der Waals surface area contributed by atoms with Crippen molar-refractivity contribution in [3.8, 4) is 12.3 Å². The second-order valence-electron chi connectivity index (χ2n) is 14.0. The van der Waals surface area contributed by atoms with Crippen LogP contribution in [-0.4, -0.2) is 69.1 Å². The van der Waals surface area contributed by atoms with E-state index in [1.165, 1.54) is 5.57 Å². The van der Waals surface area contributed by atoms with Gasteiger partial charge in [0.05, 0.1) is 5.71 Å². The Balaban J connectivity index is 1.34. The van der Waals surface area contributed by atoms with Gasteiger partial charge in [0.25, 0.3) is 5.91 Å². The molecular formula is C33H47N3O8. The first-order valence-corrected chi connectivity index (χ1v) is 15.8. The fourth-order valence-electron chi connectivity index (χ4n) is 8.61. The first-order valence-electron chi connectivity index (χ1n) is 15.8. The topological polar surface area (TPSA) is 175 Å². The largest absolute Gasteiger partial charge is 0.481 e. The third-order valence-electron chi connectivity index (χ3n) is 11.3. The summed E-state index contributed by atoms with van der Waals surface area (Å²) in [4.78, 5) is 53.1. The highest BCUT2D eigenvalue weighted by Gasteiger charge is 2.63. The molecule has 0 aromatic rings. The van der Waals surface area contributed by atoms with Crippen molar-refractivity contribution in [1.29, 1.82) is 0 Å². The van der Waals surface area contributed by atoms with Gasteiger partial charge in [0.15, 0.2) is 6.61 Å². The number of hydrogen-bond donors (Lipinski definition) is 5. The van der Waals surface area contributed by atoms with Crippen molar-refractivity contribution in [2.24, 2.45) is 39.7 Å². The van der Waals surface area contributed by atoms with E-state index in [2.05, 4.69) is 41.6 Å². The lowest BCUT2D eigenvalue weighted by Crippen LogP contribution is -2.54. The molecule has 0 aromatic carbocycles. The molecule has 242 valence electrons. The summed E-state index contributed by atoms with van der Waals surface area (Å²) in [6.45, 7) is 7.55. The summed E-state index contributed by atoms with van der Waals surface area (Å²) in [5, 5.41) is 38.6. The number of allylic oxidation sites excluding steroid dienone is 2. The van der Waals surface area contributed by atoms with Gasteiger partial charge in [-0.15, -0.1) is 6.42 Å². The van der Waals surface area contributed by atoms with Crippen LogP contribution in [0.4, 0.5) is 0 Å². The van der Waals surface area contributed by atoms with Gasteiger partial charge in [0.1, 0.15) is 17.7 Å². The SMILES string of the molecule is C#C[C@@]1(O)CC[C@@H]2[C@@H]3CCC4=CC(=NOCC(=O)N[C@H](C(=O)N[C@H](CCC(=O)O)C(=O)O)C(C)C)CC[C@]4(C)[C@H]3CC[C@@]21C. The van der Waals surface area contributed by atoms with Crippen LogP contribution < -0.4 is 10.6 Å². The average molecular weight is 614 g/mol. The number of hydrogen-bond acceptors (Lipinski definition) is 7. The maximum absolute atomic E-state index is 12.8. The molecule has 0 bridgehead atoms. The minimum Gasteiger partial charge on any atom is -0.481 e. The summed E-state index contributed by atoms with van der Waals surface area (Å²) in [6.07, 6.45) is 14.5. The predicted molar refractivity (Wildman–Crippen MR) is 162 cm³/mol. The number of aliphatic hydroxyl groups is 1. The third-order valence-corrected chi connectivity index (χ3v) is 11.3. The van der Waals surface area contributed by atoms with Crippen LogP contribution in [0.2, 0.25) is 0 Å². The van der Waals surface area contributed by atoms with Gasteiger partial charge in [-0.2, -0.15) is 0 Å². The quantitative estimate of drug-likeness (QED) is 0.174. The summed E-state index contributed by atoms with van der Waals surface area (Å²) in [6, 6.07) is -2.42. The third kappa shape index (κ3) is 6.37. The number of carboxylic acid groups (broad SMARTS) is 2. The summed E-state index contributed by atoms with van der Waals surface area (Å²) in [5.74, 6) is 0.0444. The van der Waals surface area contributed by atoms with Crippen molar-refractivity contribution in [2.75, 3.05) is 6.61 Å². The second-order valence-corrected chi connectivity index (χ2v) is 14.0. The molecular weight excluding hydrogens is 566 g/mol. The van der Waals surface area contributed by atoms with Crippen molar-refractivity contribution < 1.29 is 39.3 Å². The molecule has 0 unspecified atom stereocenters. The first kappa shape index (κ1) is 33.5. The lowest BCUT2D eigenvalue weighted by atomic mass is 9.46. The normalized spacial score (nSPS) is 34.8. The summed E-state index contributed by atoms with van der Waals surface area (Å²) >= 11 is 0. The molecule has 3 saturated carbocycles. The van der Waals surface area contributed by atoms with Gasteiger partial charge < -0.3 is 30.8 Å². The minimum atomic E-state index is -1.39. The van der Waals surface area contributed by atoms with Crippen LogP contribution >= 0.6 is 0 Å². The van der Waals surface area contributed by atoms with Crippen LogP contribution in [-0.2, 0) is 24.0 Å². The number of carbonyl (C=O) groups is 4. The number of fused-ring (bicyclic) bond motifs is 5. The van der Waals surface area contributed by atoms with E-state index in [0.29, 0.717) is 30.6 Å². The molecule has 2 amide bonds. The standard InChI is InChI=1S/C33H47N3O8/c1-6-33(43)16-13-24-22-8-7-20-17-21(11-14-31(20,4)23(22)12-15-32(24,33)5)36-44-18-26(37)35-28(19(2)3)29(40)34-25(30(41)42)9-10-27(38)39/h1,17,19,22-25,28,43H,7-16,18H2,2-5H3,(H,34,40)(H,35,37)(H,38,39)(H,41,42)/t22-,23+,24-,25-,28+,31+,32+,33-/m1/s1. The number of oxime groups is 1. The first-order chi connectivity index (χ1) is 20.6. The van der Waals surface area contributed by atoms with Crippen LogP contribution in [0.25, 0.3) is 0 Å². The van der Waals surface area contributed by atoms with Crippen LogP contribution in [0.15, 0.2) is 16.8 Å². The number of carboxylic acids is 2. The Bertz CT molecular complexity index is 1270. The summed E-state index contributed by atoms with van der Waals surface area (Å²) in [5.41, 5.74) is 0.931. The maximum atomic E-state index is 12.8. The van der Waals surface area contributed by atoms with Crippen LogP contribution in [0.5, 0.6) is 0 Å². The average Bonchev–Trinajstić information content (AvgIpc) is 3.24. The van der Waals surface area contributed by atoms with Gasteiger partial charge in [-0.05, 0) is 93.0 Å². The molecule has 4 aliphatic rings. The van der Waals surface area contributed by atoms with Crippen LogP contribution in [0.3, 0.4) is 0 Å². The zero-order valence-corrected chi connectivity index (χ0v) is 26.2. The number of nitrogens with zero attached hydrogens (tertiary/aromatic N) is 1. The summed E-state index contributed by atoms with van der Waals surface area (Å²) < 4.78 is 0. The molecule has 4 rings (SSSR count). The molecule has 0 spiro atoms. The lowest BCUT2D eigenvalue weighted by molar-refractivity contribution is -0.143. The Morgan fingerprint density at radius 3 is 2.41 bits per heavy atom. The highest BCUT2D eigenvalue weighted by molar-refractivity contribution is 5.96. The Labute approximate surface area is 259 Å². The molecule has 0 radical (unpaired) electrons. The molecule has 0 aromatic heterocycles. The zero-order chi connectivity index (χ0) is 32.4. The predicted octanol–water partition coefficient (Wildman–Crippen LogP) is 3.26. The van der Waals surface area contributed by atoms with Crippen LogP contribution in [0.1, 0.15) is 91.9 Å². The number of carbonyl (C=O) groups excluding carboxylic acids is 2. The molecule has 5 N–H and O–H groups in total. The minimum absolute atomic E-state index is 0.0492. The molecule has 0 saturated heterocycles. The number of terminal acetylenes is 1. The Hall–Kier alpha value is -3.39. The van der Waals surface area contributed by atoms with Gasteiger partial charge in [-0.1, -0.05) is 44.3 Å². The number of nitrogens with one attached hydrogen (secondary N) is 2. The number of rotatable bonds is 11. The molecule has 0 heterocycles. The Morgan fingerprint density at radius 1 is 1.07 bits per heavy atom. The van der Waals surface area contributed by atoms with Gasteiger partial charge in [-0.25, -0.2) is 4.79 Å². The molecule has 4 aliphatic carbocycles. The second kappa shape index (κ2) is 12.9. The van der Waals surface area contributed by atoms with E-state index in [0.717, 1.165) is 44.2 Å². The van der Waals surface area contributed by atoms with E-state index < -0.39 is 54.5 Å². The highest BCUT2D eigenvalue weighted by atomic mass is 16.6. The lowest BCUT2D eigenvalue weighted by Gasteiger charge is -2.58. The molecule has 0 aliphatic heterocycles. The van der Waals surface area contributed by atoms with E-state index in [-0.39, 0.29) is 23.2 Å². The van der Waals surface area contributed by atoms with Crippen molar-refractivity contribution >= 4 is 29.5 Å². The Morgan fingerprint density at radius 2 is 1.77 bits per heavy atom. The van der Waals surface area contributed by atoms with Crippen molar-refractivity contribution in [2.45, 2.75) is 110 Å². The van der Waals surface area contributed by atoms with Crippen LogP contribution in [0, 0.1) is 46.8 Å². The van der Waals surface area contributed by atoms with Crippen molar-refractivity contribution in [3.05, 3.63) is 11.6 Å². The molecule has 3 fully saturated rings. The molecule has 11 nitrogen and oxygen atoms in total. The van der Waals surface area contributed by atoms with E-state index >= 15 is 0 Å². The Kier molecular flexibility index (Phi) is 9.84. The number of aliphatic carboxylic acids is 2. The van der Waals surface area contributed by atoms with Crippen molar-refractivity contribution in [3.63, 3.8) is 0 Å². The zero-order valence-electron chi connectivity index (χ0n) is 26.2. The van der Waals surface area contributed by atoms with E-state index in [1.807, 2.05) is 0 Å². The highest BCUT2D eigenvalue weighted by Crippen LogP contribution is 2.67. The monoisotopic (exact) mass is 613 g/mol. The summed E-state index contributed by atoms with van der Waals surface area (Å²) in [7, 11) is 0. The smallest absolute Gasteiger partial charge is 0.326 e.